The lowest BCUT2D eigenvalue weighted by molar-refractivity contribution is 0.131. The third-order valence-electron chi connectivity index (χ3n) is 2.27. The molecule has 1 N–H and O–H groups in total. The summed E-state index contributed by atoms with van der Waals surface area (Å²) in [5.41, 5.74) is 1.22. The Kier molecular flexibility index (Phi) is 3.72. The van der Waals surface area contributed by atoms with Crippen molar-refractivity contribution in [2.75, 3.05) is 19.8 Å². The smallest absolute Gasteiger partial charge is 0.0662 e. The van der Waals surface area contributed by atoms with Crippen molar-refractivity contribution in [2.24, 2.45) is 0 Å². The van der Waals surface area contributed by atoms with E-state index in [1.165, 1.54) is 9.13 Å². The van der Waals surface area contributed by atoms with Crippen LogP contribution in [0, 0.1) is 3.57 Å². The summed E-state index contributed by atoms with van der Waals surface area (Å²) in [6, 6.07) is 2.46. The van der Waals surface area contributed by atoms with E-state index in [1.807, 2.05) is 12.4 Å². The molecule has 1 saturated heterocycles. The first-order valence-corrected chi connectivity index (χ1v) is 5.86. The fourth-order valence-corrected chi connectivity index (χ4v) is 2.06. The fraction of sp³-hybridized carbons (Fsp3) is 0.500. The van der Waals surface area contributed by atoms with Crippen LogP contribution >= 0.6 is 22.6 Å². The highest BCUT2D eigenvalue weighted by Crippen LogP contribution is 2.16. The molecule has 0 amide bonds. The zero-order valence-corrected chi connectivity index (χ0v) is 10.0. The number of nitrogens with one attached hydrogen (secondary N) is 1. The highest BCUT2D eigenvalue weighted by molar-refractivity contribution is 14.1. The van der Waals surface area contributed by atoms with E-state index in [-0.39, 0.29) is 0 Å². The fourth-order valence-electron chi connectivity index (χ4n) is 1.54. The highest BCUT2D eigenvalue weighted by Gasteiger charge is 2.14. The minimum atomic E-state index is 0.305. The van der Waals surface area contributed by atoms with Gasteiger partial charge >= 0.3 is 0 Å². The minimum Gasteiger partial charge on any atom is -0.379 e. The molecule has 4 heteroatoms. The summed E-state index contributed by atoms with van der Waals surface area (Å²) in [5.74, 6) is 0. The van der Waals surface area contributed by atoms with Crippen molar-refractivity contribution in [3.63, 3.8) is 0 Å². The first kappa shape index (κ1) is 10.3. The first-order chi connectivity index (χ1) is 6.86. The summed E-state index contributed by atoms with van der Waals surface area (Å²) < 4.78 is 6.68. The van der Waals surface area contributed by atoms with Crippen LogP contribution in [-0.2, 0) is 4.74 Å². The predicted octanol–water partition coefficient (Wildman–Crippen LogP) is 1.74. The number of nitrogens with zero attached hydrogens (tertiary/aromatic N) is 1. The standard InChI is InChI=1S/C10H13IN2O/c11-9-4-8(5-12-6-9)10-7-14-3-1-2-13-10/h4-6,10,13H,1-3,7H2. The summed E-state index contributed by atoms with van der Waals surface area (Å²) in [7, 11) is 0. The maximum Gasteiger partial charge on any atom is 0.0662 e. The second-order valence-electron chi connectivity index (χ2n) is 3.37. The summed E-state index contributed by atoms with van der Waals surface area (Å²) in [4.78, 5) is 4.19. The molecule has 0 aliphatic carbocycles. The Bertz CT molecular complexity index is 298. The molecular weight excluding hydrogens is 291 g/mol. The molecule has 1 aromatic heterocycles. The Labute approximate surface area is 97.4 Å². The molecule has 1 aromatic rings. The Morgan fingerprint density at radius 2 is 2.43 bits per heavy atom. The molecule has 0 bridgehead atoms. The average Bonchev–Trinajstić information content (AvgIpc) is 2.45. The summed E-state index contributed by atoms with van der Waals surface area (Å²) >= 11 is 2.28. The summed E-state index contributed by atoms with van der Waals surface area (Å²) in [6.45, 7) is 2.64. The topological polar surface area (TPSA) is 34.1 Å². The van der Waals surface area contributed by atoms with Gasteiger partial charge in [-0.05, 0) is 47.2 Å². The van der Waals surface area contributed by atoms with E-state index < -0.39 is 0 Å². The molecule has 76 valence electrons. The van der Waals surface area contributed by atoms with Gasteiger partial charge in [0.05, 0.1) is 12.6 Å². The minimum absolute atomic E-state index is 0.305. The molecule has 1 fully saturated rings. The zero-order chi connectivity index (χ0) is 9.80. The first-order valence-electron chi connectivity index (χ1n) is 4.78. The van der Waals surface area contributed by atoms with Crippen LogP contribution in [0.2, 0.25) is 0 Å². The number of aromatic nitrogens is 1. The van der Waals surface area contributed by atoms with E-state index in [0.29, 0.717) is 6.04 Å². The summed E-state index contributed by atoms with van der Waals surface area (Å²) in [5, 5.41) is 3.46. The number of ether oxygens (including phenoxy) is 1. The molecule has 1 aliphatic heterocycles. The third kappa shape index (κ3) is 2.65. The lowest BCUT2D eigenvalue weighted by Crippen LogP contribution is -2.23. The van der Waals surface area contributed by atoms with E-state index in [4.69, 9.17) is 4.74 Å². The quantitative estimate of drug-likeness (QED) is 0.803. The van der Waals surface area contributed by atoms with Gasteiger partial charge in [-0.15, -0.1) is 0 Å². The molecule has 14 heavy (non-hydrogen) atoms. The van der Waals surface area contributed by atoms with Gasteiger partial charge in [-0.2, -0.15) is 0 Å². The molecule has 1 atom stereocenters. The maximum atomic E-state index is 5.51. The van der Waals surface area contributed by atoms with Crippen molar-refractivity contribution < 1.29 is 4.74 Å². The molecule has 3 nitrogen and oxygen atoms in total. The van der Waals surface area contributed by atoms with Crippen molar-refractivity contribution in [2.45, 2.75) is 12.5 Å². The van der Waals surface area contributed by atoms with Crippen molar-refractivity contribution in [3.8, 4) is 0 Å². The van der Waals surface area contributed by atoms with Crippen LogP contribution in [0.3, 0.4) is 0 Å². The highest BCUT2D eigenvalue weighted by atomic mass is 127. The number of rotatable bonds is 1. The zero-order valence-electron chi connectivity index (χ0n) is 7.87. The lowest BCUT2D eigenvalue weighted by Gasteiger charge is -2.15. The predicted molar refractivity (Wildman–Crippen MR) is 63.1 cm³/mol. The third-order valence-corrected chi connectivity index (χ3v) is 2.86. The van der Waals surface area contributed by atoms with Gasteiger partial charge in [0.1, 0.15) is 0 Å². The second-order valence-corrected chi connectivity index (χ2v) is 4.62. The van der Waals surface area contributed by atoms with Crippen molar-refractivity contribution >= 4 is 22.6 Å². The van der Waals surface area contributed by atoms with Gasteiger partial charge in [0, 0.05) is 22.6 Å². The Morgan fingerprint density at radius 1 is 1.50 bits per heavy atom. The number of pyridine rings is 1. The number of halogens is 1. The van der Waals surface area contributed by atoms with Crippen molar-refractivity contribution in [3.05, 3.63) is 27.6 Å². The van der Waals surface area contributed by atoms with Crippen LogP contribution in [-0.4, -0.2) is 24.7 Å². The number of hydrogen-bond donors (Lipinski definition) is 1. The van der Waals surface area contributed by atoms with Crippen LogP contribution in [0.4, 0.5) is 0 Å². The van der Waals surface area contributed by atoms with Gasteiger partial charge in [-0.1, -0.05) is 0 Å². The van der Waals surface area contributed by atoms with E-state index in [2.05, 4.69) is 39.0 Å². The van der Waals surface area contributed by atoms with E-state index in [0.717, 1.165) is 26.2 Å². The molecule has 0 radical (unpaired) electrons. The van der Waals surface area contributed by atoms with Gasteiger partial charge < -0.3 is 10.1 Å². The van der Waals surface area contributed by atoms with Crippen LogP contribution < -0.4 is 5.32 Å². The Morgan fingerprint density at radius 3 is 3.29 bits per heavy atom. The van der Waals surface area contributed by atoms with Crippen LogP contribution in [0.25, 0.3) is 0 Å². The maximum absolute atomic E-state index is 5.51. The van der Waals surface area contributed by atoms with Crippen LogP contribution in [0.5, 0.6) is 0 Å². The Balaban J connectivity index is 2.12. The molecule has 0 saturated carbocycles. The van der Waals surface area contributed by atoms with Crippen molar-refractivity contribution in [1.29, 1.82) is 0 Å². The van der Waals surface area contributed by atoms with Crippen molar-refractivity contribution in [1.82, 2.24) is 10.3 Å². The molecule has 0 aromatic carbocycles. The average molecular weight is 304 g/mol. The molecule has 2 rings (SSSR count). The van der Waals surface area contributed by atoms with Gasteiger partial charge in [-0.3, -0.25) is 4.98 Å². The van der Waals surface area contributed by atoms with Gasteiger partial charge in [-0.25, -0.2) is 0 Å². The van der Waals surface area contributed by atoms with E-state index in [1.54, 1.807) is 0 Å². The number of hydrogen-bond acceptors (Lipinski definition) is 3. The van der Waals surface area contributed by atoms with Crippen LogP contribution in [0.15, 0.2) is 18.5 Å². The molecule has 1 unspecified atom stereocenters. The SMILES string of the molecule is Ic1cncc(C2COCCCN2)c1. The Hall–Kier alpha value is -0.200. The normalized spacial score (nSPS) is 23.1. The second kappa shape index (κ2) is 5.04. The summed E-state index contributed by atoms with van der Waals surface area (Å²) in [6.07, 6.45) is 4.87. The molecular formula is C10H13IN2O. The van der Waals surface area contributed by atoms with Gasteiger partial charge in [0.15, 0.2) is 0 Å². The van der Waals surface area contributed by atoms with E-state index in [9.17, 15) is 0 Å². The van der Waals surface area contributed by atoms with Gasteiger partial charge in [0.2, 0.25) is 0 Å². The molecule has 1 aliphatic rings. The monoisotopic (exact) mass is 304 g/mol. The molecule has 2 heterocycles. The van der Waals surface area contributed by atoms with E-state index >= 15 is 0 Å². The van der Waals surface area contributed by atoms with Crippen LogP contribution in [0.1, 0.15) is 18.0 Å². The van der Waals surface area contributed by atoms with Gasteiger partial charge in [0.25, 0.3) is 0 Å². The lowest BCUT2D eigenvalue weighted by atomic mass is 10.1. The largest absolute Gasteiger partial charge is 0.379 e. The molecule has 0 spiro atoms.